The van der Waals surface area contributed by atoms with Gasteiger partial charge in [0.2, 0.25) is 0 Å². The van der Waals surface area contributed by atoms with E-state index in [1.54, 1.807) is 12.1 Å². The Bertz CT molecular complexity index is 495. The fourth-order valence-corrected chi connectivity index (χ4v) is 3.05. The number of nitrogens with zero attached hydrogens (tertiary/aromatic N) is 1. The SMILES string of the molecule is CS(=O)(=O)c1ccc(N2CCCCC2CO)cc1. The second-order valence-corrected chi connectivity index (χ2v) is 6.81. The number of sulfone groups is 1. The number of hydrogen-bond donors (Lipinski definition) is 1. The summed E-state index contributed by atoms with van der Waals surface area (Å²) in [6.07, 6.45) is 4.46. The zero-order valence-corrected chi connectivity index (χ0v) is 11.4. The van der Waals surface area contributed by atoms with E-state index < -0.39 is 9.84 Å². The highest BCUT2D eigenvalue weighted by atomic mass is 32.2. The van der Waals surface area contributed by atoms with E-state index in [1.807, 2.05) is 12.1 Å². The first-order valence-corrected chi connectivity index (χ1v) is 8.09. The third kappa shape index (κ3) is 2.84. The van der Waals surface area contributed by atoms with E-state index >= 15 is 0 Å². The first-order chi connectivity index (χ1) is 8.52. The Morgan fingerprint density at radius 3 is 2.50 bits per heavy atom. The molecule has 100 valence electrons. The van der Waals surface area contributed by atoms with E-state index in [2.05, 4.69) is 4.90 Å². The Labute approximate surface area is 108 Å². The first kappa shape index (κ1) is 13.4. The lowest BCUT2D eigenvalue weighted by molar-refractivity contribution is 0.240. The van der Waals surface area contributed by atoms with Crippen molar-refractivity contribution in [3.8, 4) is 0 Å². The molecule has 1 aromatic rings. The van der Waals surface area contributed by atoms with E-state index in [0.29, 0.717) is 4.90 Å². The summed E-state index contributed by atoms with van der Waals surface area (Å²) in [5.41, 5.74) is 0.987. The molecule has 1 aliphatic heterocycles. The molecule has 2 rings (SSSR count). The quantitative estimate of drug-likeness (QED) is 0.902. The molecule has 0 saturated carbocycles. The van der Waals surface area contributed by atoms with Gasteiger partial charge in [0.05, 0.1) is 17.5 Å². The maximum atomic E-state index is 11.4. The largest absolute Gasteiger partial charge is 0.394 e. The van der Waals surface area contributed by atoms with Gasteiger partial charge in [-0.2, -0.15) is 0 Å². The summed E-state index contributed by atoms with van der Waals surface area (Å²) in [6.45, 7) is 1.07. The summed E-state index contributed by atoms with van der Waals surface area (Å²) in [5.74, 6) is 0. The predicted octanol–water partition coefficient (Wildman–Crippen LogP) is 1.44. The first-order valence-electron chi connectivity index (χ1n) is 6.20. The zero-order chi connectivity index (χ0) is 13.2. The molecule has 1 fully saturated rings. The molecule has 1 unspecified atom stereocenters. The summed E-state index contributed by atoms with van der Waals surface area (Å²) >= 11 is 0. The Morgan fingerprint density at radius 1 is 1.28 bits per heavy atom. The number of piperidine rings is 1. The number of aliphatic hydroxyl groups excluding tert-OH is 1. The van der Waals surface area contributed by atoms with Gasteiger partial charge >= 0.3 is 0 Å². The minimum Gasteiger partial charge on any atom is -0.394 e. The Hall–Kier alpha value is -1.07. The molecule has 18 heavy (non-hydrogen) atoms. The van der Waals surface area contributed by atoms with E-state index in [4.69, 9.17) is 0 Å². The molecule has 0 amide bonds. The summed E-state index contributed by atoms with van der Waals surface area (Å²) in [7, 11) is -3.14. The molecule has 0 bridgehead atoms. The van der Waals surface area contributed by atoms with Crippen molar-refractivity contribution in [1.82, 2.24) is 0 Å². The Balaban J connectivity index is 2.23. The average molecular weight is 269 g/mol. The van der Waals surface area contributed by atoms with Crippen LogP contribution in [0.2, 0.25) is 0 Å². The van der Waals surface area contributed by atoms with E-state index in [9.17, 15) is 13.5 Å². The number of anilines is 1. The van der Waals surface area contributed by atoms with Crippen LogP contribution in [0.1, 0.15) is 19.3 Å². The smallest absolute Gasteiger partial charge is 0.175 e. The van der Waals surface area contributed by atoms with Crippen LogP contribution >= 0.6 is 0 Å². The fraction of sp³-hybridized carbons (Fsp3) is 0.538. The van der Waals surface area contributed by atoms with Crippen LogP contribution in [0, 0.1) is 0 Å². The van der Waals surface area contributed by atoms with E-state index in [1.165, 1.54) is 6.26 Å². The lowest BCUT2D eigenvalue weighted by Crippen LogP contribution is -2.41. The number of rotatable bonds is 3. The zero-order valence-electron chi connectivity index (χ0n) is 10.5. The van der Waals surface area contributed by atoms with Crippen molar-refractivity contribution in [2.75, 3.05) is 24.3 Å². The number of benzene rings is 1. The molecular weight excluding hydrogens is 250 g/mol. The van der Waals surface area contributed by atoms with Crippen molar-refractivity contribution in [1.29, 1.82) is 0 Å². The number of hydrogen-bond acceptors (Lipinski definition) is 4. The van der Waals surface area contributed by atoms with Crippen LogP contribution in [-0.2, 0) is 9.84 Å². The normalized spacial score (nSPS) is 21.0. The molecule has 1 N–H and O–H groups in total. The van der Waals surface area contributed by atoms with Gasteiger partial charge in [-0.3, -0.25) is 0 Å². The van der Waals surface area contributed by atoms with Gasteiger partial charge in [0.25, 0.3) is 0 Å². The highest BCUT2D eigenvalue weighted by molar-refractivity contribution is 7.90. The summed E-state index contributed by atoms with van der Waals surface area (Å²) in [6, 6.07) is 7.07. The van der Waals surface area contributed by atoms with Crippen molar-refractivity contribution in [2.45, 2.75) is 30.2 Å². The molecule has 1 saturated heterocycles. The topological polar surface area (TPSA) is 57.6 Å². The van der Waals surface area contributed by atoms with Crippen LogP contribution in [0.3, 0.4) is 0 Å². The fourth-order valence-electron chi connectivity index (χ4n) is 2.42. The summed E-state index contributed by atoms with van der Waals surface area (Å²) in [5, 5.41) is 9.37. The molecule has 1 aromatic carbocycles. The maximum Gasteiger partial charge on any atom is 0.175 e. The van der Waals surface area contributed by atoms with Gasteiger partial charge < -0.3 is 10.0 Å². The third-order valence-corrected chi connectivity index (χ3v) is 4.56. The molecular formula is C13H19NO3S. The molecule has 0 spiro atoms. The standard InChI is InChI=1S/C13H19NO3S/c1-18(16,17)13-7-5-11(6-8-13)14-9-3-2-4-12(14)10-15/h5-8,12,15H,2-4,9-10H2,1H3. The van der Waals surface area contributed by atoms with Gasteiger partial charge in [-0.05, 0) is 43.5 Å². The lowest BCUT2D eigenvalue weighted by Gasteiger charge is -2.36. The molecule has 0 aliphatic carbocycles. The van der Waals surface area contributed by atoms with Crippen LogP contribution in [0.15, 0.2) is 29.2 Å². The predicted molar refractivity (Wildman–Crippen MR) is 71.6 cm³/mol. The van der Waals surface area contributed by atoms with Crippen molar-refractivity contribution in [2.24, 2.45) is 0 Å². The molecule has 0 aromatic heterocycles. The van der Waals surface area contributed by atoms with Crippen LogP contribution in [0.25, 0.3) is 0 Å². The molecule has 1 heterocycles. The van der Waals surface area contributed by atoms with Crippen LogP contribution in [0.4, 0.5) is 5.69 Å². The monoisotopic (exact) mass is 269 g/mol. The molecule has 1 atom stereocenters. The van der Waals surface area contributed by atoms with E-state index in [-0.39, 0.29) is 12.6 Å². The summed E-state index contributed by atoms with van der Waals surface area (Å²) < 4.78 is 22.8. The molecule has 1 aliphatic rings. The average Bonchev–Trinajstić information content (AvgIpc) is 2.38. The molecule has 4 nitrogen and oxygen atoms in total. The number of aliphatic hydroxyl groups is 1. The van der Waals surface area contributed by atoms with Gasteiger partial charge in [-0.25, -0.2) is 8.42 Å². The summed E-state index contributed by atoms with van der Waals surface area (Å²) in [4.78, 5) is 2.50. The highest BCUT2D eigenvalue weighted by Gasteiger charge is 2.22. The van der Waals surface area contributed by atoms with Gasteiger partial charge in [-0.15, -0.1) is 0 Å². The minimum atomic E-state index is -3.14. The lowest BCUT2D eigenvalue weighted by atomic mass is 10.0. The maximum absolute atomic E-state index is 11.4. The van der Waals surface area contributed by atoms with Crippen molar-refractivity contribution in [3.63, 3.8) is 0 Å². The highest BCUT2D eigenvalue weighted by Crippen LogP contribution is 2.25. The molecule has 5 heteroatoms. The van der Waals surface area contributed by atoms with Crippen LogP contribution < -0.4 is 4.90 Å². The van der Waals surface area contributed by atoms with Gasteiger partial charge in [0.1, 0.15) is 0 Å². The van der Waals surface area contributed by atoms with Crippen molar-refractivity contribution < 1.29 is 13.5 Å². The van der Waals surface area contributed by atoms with Gasteiger partial charge in [-0.1, -0.05) is 0 Å². The van der Waals surface area contributed by atoms with Gasteiger partial charge in [0, 0.05) is 18.5 Å². The second-order valence-electron chi connectivity index (χ2n) is 4.79. The Morgan fingerprint density at radius 2 is 1.94 bits per heavy atom. The molecule has 0 radical (unpaired) electrons. The van der Waals surface area contributed by atoms with E-state index in [0.717, 1.165) is 31.5 Å². The van der Waals surface area contributed by atoms with Crippen LogP contribution in [0.5, 0.6) is 0 Å². The second kappa shape index (κ2) is 5.28. The van der Waals surface area contributed by atoms with Crippen LogP contribution in [-0.4, -0.2) is 39.0 Å². The Kier molecular flexibility index (Phi) is 3.92. The van der Waals surface area contributed by atoms with Crippen molar-refractivity contribution in [3.05, 3.63) is 24.3 Å². The van der Waals surface area contributed by atoms with Crippen molar-refractivity contribution >= 4 is 15.5 Å². The van der Waals surface area contributed by atoms with Gasteiger partial charge in [0.15, 0.2) is 9.84 Å². The third-order valence-electron chi connectivity index (χ3n) is 3.43. The minimum absolute atomic E-state index is 0.147.